The molecule has 7 N–H and O–H groups in total. The lowest BCUT2D eigenvalue weighted by Gasteiger charge is -2.34. The highest BCUT2D eigenvalue weighted by Gasteiger charge is 2.39. The zero-order valence-electron chi connectivity index (χ0n) is 17.3. The van der Waals surface area contributed by atoms with Gasteiger partial charge in [0.1, 0.15) is 18.2 Å². The number of rotatable bonds is 8. The number of carbonyl (C=O) groups is 5. The first-order chi connectivity index (χ1) is 14.2. The normalized spacial score (nSPS) is 19.2. The number of esters is 1. The fourth-order valence-electron chi connectivity index (χ4n) is 2.63. The molecule has 1 saturated heterocycles. The van der Waals surface area contributed by atoms with Gasteiger partial charge in [0.25, 0.3) is 0 Å². The van der Waals surface area contributed by atoms with Gasteiger partial charge in [0, 0.05) is 0 Å². The molecule has 0 aromatic heterocycles. The third-order valence-corrected chi connectivity index (χ3v) is 3.65. The summed E-state index contributed by atoms with van der Waals surface area (Å²) in [5.74, 6) is -5.35. The molecule has 0 aromatic rings. The van der Waals surface area contributed by atoms with E-state index in [1.165, 1.54) is 20.9 Å². The molecule has 1 aliphatic rings. The molecule has 0 saturated carbocycles. The lowest BCUT2D eigenvalue weighted by molar-refractivity contribution is -0.192. The van der Waals surface area contributed by atoms with Crippen LogP contribution in [0.3, 0.4) is 0 Å². The van der Waals surface area contributed by atoms with Crippen LogP contribution in [0.5, 0.6) is 0 Å². The molecule has 0 radical (unpaired) electrons. The molecule has 16 heteroatoms. The highest BCUT2D eigenvalue weighted by atomic mass is 16.6. The van der Waals surface area contributed by atoms with Gasteiger partial charge in [-0.15, -0.1) is 0 Å². The zero-order chi connectivity index (χ0) is 24.9. The van der Waals surface area contributed by atoms with E-state index < -0.39 is 67.2 Å². The molecule has 4 atom stereocenters. The maximum absolute atomic E-state index is 11.0. The summed E-state index contributed by atoms with van der Waals surface area (Å²) >= 11 is 0. The van der Waals surface area contributed by atoms with Gasteiger partial charge in [0.2, 0.25) is 0 Å². The molecule has 0 bridgehead atoms. The summed E-state index contributed by atoms with van der Waals surface area (Å²) < 4.78 is 4.72. The quantitative estimate of drug-likeness (QED) is 0.213. The van der Waals surface area contributed by atoms with Crippen molar-refractivity contribution in [2.45, 2.75) is 38.1 Å². The SMILES string of the molecule is C[C@@H](O)[C@@H](C(=O)O)N(C)CC(=O)O.C[C@H]1OC(=O)CN(CC(=O)O)[C@@H]1C(=O)O.O.O=C=O. The van der Waals surface area contributed by atoms with Gasteiger partial charge in [-0.1, -0.05) is 0 Å². The van der Waals surface area contributed by atoms with Crippen molar-refractivity contribution in [2.24, 2.45) is 0 Å². The summed E-state index contributed by atoms with van der Waals surface area (Å²) in [6, 6.07) is -2.28. The molecule has 32 heavy (non-hydrogen) atoms. The van der Waals surface area contributed by atoms with E-state index in [-0.39, 0.29) is 18.2 Å². The third kappa shape index (κ3) is 13.0. The lowest BCUT2D eigenvalue weighted by atomic mass is 10.1. The Morgan fingerprint density at radius 2 is 1.62 bits per heavy atom. The number of nitrogens with zero attached hydrogens (tertiary/aromatic N) is 2. The molecular weight excluding hydrogens is 444 g/mol. The van der Waals surface area contributed by atoms with Crippen LogP contribution in [0.1, 0.15) is 13.8 Å². The van der Waals surface area contributed by atoms with Crippen LogP contribution in [0.15, 0.2) is 0 Å². The van der Waals surface area contributed by atoms with Crippen molar-refractivity contribution < 1.29 is 69.3 Å². The molecule has 1 aliphatic heterocycles. The van der Waals surface area contributed by atoms with E-state index in [1.807, 2.05) is 0 Å². The molecule has 1 heterocycles. The fourth-order valence-corrected chi connectivity index (χ4v) is 2.63. The van der Waals surface area contributed by atoms with Crippen LogP contribution in [-0.2, 0) is 38.3 Å². The van der Waals surface area contributed by atoms with Gasteiger partial charge in [0.05, 0.1) is 25.7 Å². The first-order valence-electron chi connectivity index (χ1n) is 8.39. The van der Waals surface area contributed by atoms with Gasteiger partial charge in [0.15, 0.2) is 0 Å². The number of hydrogen-bond acceptors (Lipinski definition) is 11. The average molecular weight is 470 g/mol. The van der Waals surface area contributed by atoms with E-state index in [1.54, 1.807) is 0 Å². The number of carboxylic acid groups (broad SMARTS) is 4. The summed E-state index contributed by atoms with van der Waals surface area (Å²) in [6.45, 7) is 1.51. The Morgan fingerprint density at radius 3 is 1.94 bits per heavy atom. The van der Waals surface area contributed by atoms with Gasteiger partial charge in [-0.3, -0.25) is 33.8 Å². The second-order valence-corrected chi connectivity index (χ2v) is 6.19. The molecule has 184 valence electrons. The van der Waals surface area contributed by atoms with Crippen LogP contribution in [-0.4, -0.2) is 128 Å². The Morgan fingerprint density at radius 1 is 1.16 bits per heavy atom. The molecule has 1 fully saturated rings. The Balaban J connectivity index is -0.000000459. The Labute approximate surface area is 180 Å². The van der Waals surface area contributed by atoms with Gasteiger partial charge < -0.3 is 35.7 Å². The Kier molecular flexibility index (Phi) is 16.9. The number of hydrogen-bond donors (Lipinski definition) is 5. The number of aliphatic carboxylic acids is 4. The van der Waals surface area contributed by atoms with Crippen LogP contribution in [0.4, 0.5) is 0 Å². The third-order valence-electron chi connectivity index (χ3n) is 3.65. The summed E-state index contributed by atoms with van der Waals surface area (Å²) in [4.78, 5) is 71.5. The molecule has 1 rings (SSSR count). The van der Waals surface area contributed by atoms with Crippen molar-refractivity contribution in [2.75, 3.05) is 26.7 Å². The highest BCUT2D eigenvalue weighted by molar-refractivity contribution is 5.81. The first kappa shape index (κ1) is 33.2. The number of morpholine rings is 1. The maximum atomic E-state index is 11.0. The largest absolute Gasteiger partial charge is 0.480 e. The van der Waals surface area contributed by atoms with Gasteiger partial charge in [-0.2, -0.15) is 9.59 Å². The van der Waals surface area contributed by atoms with Gasteiger partial charge in [-0.25, -0.2) is 0 Å². The summed E-state index contributed by atoms with van der Waals surface area (Å²) in [7, 11) is 1.33. The fraction of sp³-hybridized carbons (Fsp3) is 0.625. The number of aliphatic hydroxyl groups is 1. The monoisotopic (exact) mass is 470 g/mol. The number of carbonyl (C=O) groups excluding carboxylic acids is 3. The number of aliphatic hydroxyl groups excluding tert-OH is 1. The second kappa shape index (κ2) is 16.3. The van der Waals surface area contributed by atoms with Crippen LogP contribution >= 0.6 is 0 Å². The van der Waals surface area contributed by atoms with E-state index in [9.17, 15) is 24.0 Å². The summed E-state index contributed by atoms with van der Waals surface area (Å²) in [5, 5.41) is 43.5. The van der Waals surface area contributed by atoms with Crippen molar-refractivity contribution in [3.8, 4) is 0 Å². The molecule has 0 amide bonds. The van der Waals surface area contributed by atoms with Crippen LogP contribution in [0, 0.1) is 0 Å². The van der Waals surface area contributed by atoms with E-state index in [2.05, 4.69) is 0 Å². The van der Waals surface area contributed by atoms with E-state index >= 15 is 0 Å². The smallest absolute Gasteiger partial charge is 0.373 e. The van der Waals surface area contributed by atoms with Gasteiger partial charge in [-0.05, 0) is 20.9 Å². The topological polar surface area (TPSA) is 268 Å². The molecular formula is C16H26N2O14. The first-order valence-corrected chi connectivity index (χ1v) is 8.39. The second-order valence-electron chi connectivity index (χ2n) is 6.19. The lowest BCUT2D eigenvalue weighted by Crippen LogP contribution is -2.57. The molecule has 0 aromatic carbocycles. The van der Waals surface area contributed by atoms with E-state index in [0.717, 1.165) is 9.80 Å². The van der Waals surface area contributed by atoms with Crippen molar-refractivity contribution in [3.63, 3.8) is 0 Å². The summed E-state index contributed by atoms with van der Waals surface area (Å²) in [5.41, 5.74) is 0. The number of ether oxygens (including phenoxy) is 1. The minimum Gasteiger partial charge on any atom is -0.480 e. The molecule has 16 nitrogen and oxygen atoms in total. The van der Waals surface area contributed by atoms with Crippen molar-refractivity contribution in [1.29, 1.82) is 0 Å². The Bertz CT molecular complexity index is 686. The minimum absolute atomic E-state index is 0. The predicted octanol–water partition coefficient (Wildman–Crippen LogP) is -3.80. The van der Waals surface area contributed by atoms with Crippen molar-refractivity contribution in [1.82, 2.24) is 9.80 Å². The summed E-state index contributed by atoms with van der Waals surface area (Å²) in [6.07, 6.45) is -1.70. The Hall–Kier alpha value is -3.43. The number of cyclic esters (lactones) is 1. The average Bonchev–Trinajstić information content (AvgIpc) is 2.52. The number of carboxylic acids is 4. The van der Waals surface area contributed by atoms with Crippen LogP contribution < -0.4 is 0 Å². The maximum Gasteiger partial charge on any atom is 0.373 e. The predicted molar refractivity (Wildman–Crippen MR) is 98.2 cm³/mol. The van der Waals surface area contributed by atoms with Gasteiger partial charge >= 0.3 is 36.0 Å². The van der Waals surface area contributed by atoms with E-state index in [4.69, 9.17) is 39.9 Å². The standard InChI is InChI=1S/C8H11NO6.C7H13NO5.CO2.H2O/c1-4-7(8(13)14)9(2-5(10)11)3-6(12)15-4;1-4(9)6(7(12)13)8(2)3-5(10)11;2-1-3;/h4,7H,2-3H2,1H3,(H,10,11)(H,13,14);4,6,9H,3H2,1-2H3,(H,10,11)(H,12,13);;1H2/t4-,7+;4-,6+;;/m11../s1. The zero-order valence-corrected chi connectivity index (χ0v) is 17.3. The molecule has 0 unspecified atom stereocenters. The highest BCUT2D eigenvalue weighted by Crippen LogP contribution is 2.14. The van der Waals surface area contributed by atoms with E-state index in [0.29, 0.717) is 0 Å². The molecule has 0 aliphatic carbocycles. The van der Waals surface area contributed by atoms with Crippen molar-refractivity contribution in [3.05, 3.63) is 0 Å². The number of likely N-dealkylation sites (N-methyl/N-ethyl adjacent to an activating group) is 1. The molecule has 0 spiro atoms. The van der Waals surface area contributed by atoms with Crippen molar-refractivity contribution >= 4 is 36.0 Å². The van der Waals surface area contributed by atoms with Crippen LogP contribution in [0.2, 0.25) is 0 Å². The minimum atomic E-state index is -1.24. The van der Waals surface area contributed by atoms with Crippen LogP contribution in [0.25, 0.3) is 0 Å².